The fraction of sp³-hybridized carbons (Fsp3) is 0.238. The molecule has 1 aliphatic rings. The summed E-state index contributed by atoms with van der Waals surface area (Å²) in [4.78, 5) is 14.8. The molecule has 1 unspecified atom stereocenters. The van der Waals surface area contributed by atoms with Crippen LogP contribution in [0.5, 0.6) is 0 Å². The molecule has 0 saturated carbocycles. The molecule has 2 aromatic carbocycles. The number of hydrogen-bond donors (Lipinski definition) is 1. The fourth-order valence-electron chi connectivity index (χ4n) is 3.36. The first-order valence-corrected chi connectivity index (χ1v) is 8.97. The summed E-state index contributed by atoms with van der Waals surface area (Å²) < 4.78 is 18.5. The number of aromatic nitrogens is 1. The Labute approximate surface area is 156 Å². The molecule has 27 heavy (non-hydrogen) atoms. The first-order valence-electron chi connectivity index (χ1n) is 8.97. The second-order valence-electron chi connectivity index (χ2n) is 6.77. The molecule has 1 fully saturated rings. The van der Waals surface area contributed by atoms with E-state index >= 15 is 0 Å². The number of likely N-dealkylation sites (tertiary alicyclic amines) is 1. The Morgan fingerprint density at radius 3 is 2.85 bits per heavy atom. The Morgan fingerprint density at radius 1 is 1.19 bits per heavy atom. The van der Waals surface area contributed by atoms with Gasteiger partial charge >= 0.3 is 0 Å². The van der Waals surface area contributed by atoms with Crippen molar-refractivity contribution in [1.82, 2.24) is 15.4 Å². The molecule has 6 heteroatoms. The summed E-state index contributed by atoms with van der Waals surface area (Å²) in [6.45, 7) is 2.61. The summed E-state index contributed by atoms with van der Waals surface area (Å²) in [6.07, 6.45) is 0.892. The van der Waals surface area contributed by atoms with Crippen molar-refractivity contribution < 1.29 is 13.7 Å². The zero-order valence-corrected chi connectivity index (χ0v) is 14.8. The molecule has 1 aromatic heterocycles. The minimum absolute atomic E-state index is 0.0731. The van der Waals surface area contributed by atoms with Gasteiger partial charge in [-0.15, -0.1) is 0 Å². The lowest BCUT2D eigenvalue weighted by molar-refractivity contribution is 0.0900. The highest BCUT2D eigenvalue weighted by atomic mass is 19.1. The molecule has 2 heterocycles. The molecule has 138 valence electrons. The van der Waals surface area contributed by atoms with Gasteiger partial charge in [0.2, 0.25) is 5.76 Å². The van der Waals surface area contributed by atoms with Crippen LogP contribution in [0, 0.1) is 5.82 Å². The van der Waals surface area contributed by atoms with Crippen molar-refractivity contribution in [2.24, 2.45) is 0 Å². The van der Waals surface area contributed by atoms with Crippen LogP contribution >= 0.6 is 0 Å². The molecule has 3 aromatic rings. The lowest BCUT2D eigenvalue weighted by Gasteiger charge is -2.16. The van der Waals surface area contributed by atoms with Gasteiger partial charge in [-0.2, -0.15) is 0 Å². The van der Waals surface area contributed by atoms with Crippen molar-refractivity contribution >= 4 is 5.91 Å². The quantitative estimate of drug-likeness (QED) is 0.752. The van der Waals surface area contributed by atoms with Gasteiger partial charge in [0.1, 0.15) is 11.5 Å². The van der Waals surface area contributed by atoms with Crippen LogP contribution in [0.1, 0.15) is 22.5 Å². The van der Waals surface area contributed by atoms with Crippen molar-refractivity contribution in [1.29, 1.82) is 0 Å². The Kier molecular flexibility index (Phi) is 4.98. The minimum Gasteiger partial charge on any atom is -0.350 e. The van der Waals surface area contributed by atoms with Crippen LogP contribution in [0.4, 0.5) is 4.39 Å². The largest absolute Gasteiger partial charge is 0.350 e. The third kappa shape index (κ3) is 4.23. The summed E-state index contributed by atoms with van der Waals surface area (Å²) in [5, 5.41) is 6.88. The lowest BCUT2D eigenvalue weighted by Crippen LogP contribution is -2.36. The molecule has 4 rings (SSSR count). The van der Waals surface area contributed by atoms with Gasteiger partial charge in [-0.25, -0.2) is 4.39 Å². The molecular formula is C21H20FN3O2. The molecule has 1 atom stereocenters. The Hall–Kier alpha value is -2.99. The van der Waals surface area contributed by atoms with Crippen LogP contribution in [0.25, 0.3) is 11.3 Å². The molecule has 0 spiro atoms. The zero-order valence-electron chi connectivity index (χ0n) is 14.8. The zero-order chi connectivity index (χ0) is 18.6. The van der Waals surface area contributed by atoms with Crippen LogP contribution < -0.4 is 5.32 Å². The Balaban J connectivity index is 1.35. The summed E-state index contributed by atoms with van der Waals surface area (Å²) in [6, 6.07) is 17.9. The summed E-state index contributed by atoms with van der Waals surface area (Å²) in [5.41, 5.74) is 2.28. The van der Waals surface area contributed by atoms with Gasteiger partial charge in [-0.1, -0.05) is 47.6 Å². The molecule has 1 N–H and O–H groups in total. The Bertz CT molecular complexity index is 926. The lowest BCUT2D eigenvalue weighted by atomic mass is 10.1. The SMILES string of the molecule is O=C(NC1CCN(Cc2ccccc2)C1)c1cc(-c2cccc(F)c2)no1. The van der Waals surface area contributed by atoms with Crippen LogP contribution in [0.3, 0.4) is 0 Å². The van der Waals surface area contributed by atoms with E-state index in [1.807, 2.05) is 18.2 Å². The maximum atomic E-state index is 13.3. The second kappa shape index (κ2) is 7.72. The smallest absolute Gasteiger partial charge is 0.290 e. The Morgan fingerprint density at radius 2 is 2.04 bits per heavy atom. The highest BCUT2D eigenvalue weighted by Crippen LogP contribution is 2.20. The van der Waals surface area contributed by atoms with Gasteiger partial charge in [0.15, 0.2) is 0 Å². The maximum Gasteiger partial charge on any atom is 0.290 e. The van der Waals surface area contributed by atoms with E-state index in [2.05, 4.69) is 27.5 Å². The molecule has 1 saturated heterocycles. The minimum atomic E-state index is -0.356. The summed E-state index contributed by atoms with van der Waals surface area (Å²) in [5.74, 6) is -0.515. The number of halogens is 1. The molecule has 0 bridgehead atoms. The van der Waals surface area contributed by atoms with Crippen LogP contribution in [0.15, 0.2) is 65.2 Å². The van der Waals surface area contributed by atoms with Crippen molar-refractivity contribution in [2.75, 3.05) is 13.1 Å². The number of amides is 1. The predicted molar refractivity (Wildman–Crippen MR) is 99.5 cm³/mol. The molecule has 0 radical (unpaired) electrons. The van der Waals surface area contributed by atoms with E-state index in [-0.39, 0.29) is 23.5 Å². The number of rotatable bonds is 5. The topological polar surface area (TPSA) is 58.4 Å². The molecule has 1 aliphatic heterocycles. The van der Waals surface area contributed by atoms with Crippen LogP contribution in [0.2, 0.25) is 0 Å². The maximum absolute atomic E-state index is 13.3. The highest BCUT2D eigenvalue weighted by Gasteiger charge is 2.25. The number of nitrogens with zero attached hydrogens (tertiary/aromatic N) is 2. The van der Waals surface area contributed by atoms with E-state index in [4.69, 9.17) is 4.52 Å². The fourth-order valence-corrected chi connectivity index (χ4v) is 3.36. The van der Waals surface area contributed by atoms with E-state index in [9.17, 15) is 9.18 Å². The van der Waals surface area contributed by atoms with Crippen molar-refractivity contribution in [2.45, 2.75) is 19.0 Å². The van der Waals surface area contributed by atoms with E-state index in [0.29, 0.717) is 11.3 Å². The first-order chi connectivity index (χ1) is 13.2. The van der Waals surface area contributed by atoms with E-state index in [0.717, 1.165) is 26.1 Å². The third-order valence-corrected chi connectivity index (χ3v) is 4.71. The number of hydrogen-bond acceptors (Lipinski definition) is 4. The summed E-state index contributed by atoms with van der Waals surface area (Å²) >= 11 is 0. The number of carbonyl (C=O) groups excluding carboxylic acids is 1. The second-order valence-corrected chi connectivity index (χ2v) is 6.77. The van der Waals surface area contributed by atoms with Gasteiger partial charge in [-0.05, 0) is 24.1 Å². The predicted octanol–water partition coefficient (Wildman–Crippen LogP) is 3.49. The normalized spacial score (nSPS) is 17.1. The molecule has 0 aliphatic carbocycles. The van der Waals surface area contributed by atoms with Crippen molar-refractivity contribution in [3.8, 4) is 11.3 Å². The van der Waals surface area contributed by atoms with Gasteiger partial charge < -0.3 is 9.84 Å². The van der Waals surface area contributed by atoms with Gasteiger partial charge in [0, 0.05) is 37.3 Å². The van der Waals surface area contributed by atoms with Gasteiger partial charge in [-0.3, -0.25) is 9.69 Å². The number of benzene rings is 2. The van der Waals surface area contributed by atoms with Crippen LogP contribution in [-0.2, 0) is 6.54 Å². The van der Waals surface area contributed by atoms with Crippen molar-refractivity contribution in [3.05, 3.63) is 77.8 Å². The number of carbonyl (C=O) groups is 1. The third-order valence-electron chi connectivity index (χ3n) is 4.71. The van der Waals surface area contributed by atoms with Gasteiger partial charge in [0.05, 0.1) is 0 Å². The van der Waals surface area contributed by atoms with E-state index in [1.165, 1.54) is 17.7 Å². The number of nitrogens with one attached hydrogen (secondary N) is 1. The van der Waals surface area contributed by atoms with E-state index in [1.54, 1.807) is 18.2 Å². The first kappa shape index (κ1) is 17.4. The van der Waals surface area contributed by atoms with Crippen LogP contribution in [-0.4, -0.2) is 35.1 Å². The van der Waals surface area contributed by atoms with Gasteiger partial charge in [0.25, 0.3) is 5.91 Å². The molecular weight excluding hydrogens is 345 g/mol. The molecule has 5 nitrogen and oxygen atoms in total. The van der Waals surface area contributed by atoms with Crippen molar-refractivity contribution in [3.63, 3.8) is 0 Å². The highest BCUT2D eigenvalue weighted by molar-refractivity contribution is 5.92. The standard InChI is InChI=1S/C21H20FN3O2/c22-17-8-4-7-16(11-17)19-12-20(27-24-19)21(26)23-18-9-10-25(14-18)13-15-5-2-1-3-6-15/h1-8,11-12,18H,9-10,13-14H2,(H,23,26). The van der Waals surface area contributed by atoms with E-state index < -0.39 is 0 Å². The average Bonchev–Trinajstić information content (AvgIpc) is 3.32. The summed E-state index contributed by atoms with van der Waals surface area (Å²) in [7, 11) is 0. The average molecular weight is 365 g/mol. The molecule has 1 amide bonds. The monoisotopic (exact) mass is 365 g/mol.